The molecule has 0 atom stereocenters. The normalized spacial score (nSPS) is 11.5. The summed E-state index contributed by atoms with van der Waals surface area (Å²) >= 11 is 1.42. The first-order valence-electron chi connectivity index (χ1n) is 3.83. The molecule has 0 spiro atoms. The third kappa shape index (κ3) is 2.00. The van der Waals surface area contributed by atoms with E-state index >= 15 is 0 Å². The summed E-state index contributed by atoms with van der Waals surface area (Å²) in [6, 6.07) is 10.6. The SMILES string of the molecule is C[SH+]C(C)(C)c1ccccc1. The maximum atomic E-state index is 2.27. The van der Waals surface area contributed by atoms with E-state index in [9.17, 15) is 0 Å². The van der Waals surface area contributed by atoms with Crippen LogP contribution in [0.4, 0.5) is 0 Å². The van der Waals surface area contributed by atoms with E-state index in [2.05, 4.69) is 50.4 Å². The second kappa shape index (κ2) is 3.31. The Morgan fingerprint density at radius 3 is 2.09 bits per heavy atom. The van der Waals surface area contributed by atoms with Gasteiger partial charge in [0.15, 0.2) is 0 Å². The molecule has 0 amide bonds. The smallest absolute Gasteiger partial charge is 0.0622 e. The highest BCUT2D eigenvalue weighted by atomic mass is 32.2. The van der Waals surface area contributed by atoms with Gasteiger partial charge in [-0.3, -0.25) is 0 Å². The van der Waals surface area contributed by atoms with Crippen molar-refractivity contribution in [2.75, 3.05) is 6.26 Å². The summed E-state index contributed by atoms with van der Waals surface area (Å²) in [6.45, 7) is 4.54. The summed E-state index contributed by atoms with van der Waals surface area (Å²) in [5.41, 5.74) is 1.42. The Bertz CT molecular complexity index is 214. The molecule has 0 aliphatic carbocycles. The zero-order chi connectivity index (χ0) is 8.32. The van der Waals surface area contributed by atoms with Gasteiger partial charge in [-0.05, 0) is 25.6 Å². The van der Waals surface area contributed by atoms with Crippen molar-refractivity contribution in [2.45, 2.75) is 18.6 Å². The van der Waals surface area contributed by atoms with Crippen LogP contribution in [0, 0.1) is 0 Å². The van der Waals surface area contributed by atoms with Crippen LogP contribution in [-0.4, -0.2) is 6.26 Å². The summed E-state index contributed by atoms with van der Waals surface area (Å²) in [5.74, 6) is 0. The van der Waals surface area contributed by atoms with Gasteiger partial charge in [-0.2, -0.15) is 0 Å². The van der Waals surface area contributed by atoms with E-state index in [1.54, 1.807) is 0 Å². The van der Waals surface area contributed by atoms with Gasteiger partial charge in [0.1, 0.15) is 4.75 Å². The highest BCUT2D eigenvalue weighted by Gasteiger charge is 2.25. The lowest BCUT2D eigenvalue weighted by Crippen LogP contribution is -2.17. The number of benzene rings is 1. The first kappa shape index (κ1) is 8.66. The van der Waals surface area contributed by atoms with Crippen LogP contribution in [0.3, 0.4) is 0 Å². The van der Waals surface area contributed by atoms with Crippen molar-refractivity contribution < 1.29 is 0 Å². The molecule has 0 saturated carbocycles. The van der Waals surface area contributed by atoms with Crippen LogP contribution in [0.1, 0.15) is 19.4 Å². The first-order chi connectivity index (χ1) is 5.17. The third-order valence-corrected chi connectivity index (χ3v) is 3.42. The summed E-state index contributed by atoms with van der Waals surface area (Å²) in [7, 11) is 0. The van der Waals surface area contributed by atoms with Crippen LogP contribution in [0.2, 0.25) is 0 Å². The van der Waals surface area contributed by atoms with Crippen LogP contribution in [0.25, 0.3) is 0 Å². The molecule has 0 bridgehead atoms. The fraction of sp³-hybridized carbons (Fsp3) is 0.400. The van der Waals surface area contributed by atoms with Gasteiger partial charge in [-0.15, -0.1) is 0 Å². The summed E-state index contributed by atoms with van der Waals surface area (Å²) < 4.78 is 0.307. The van der Waals surface area contributed by atoms with Crippen LogP contribution in [0.5, 0.6) is 0 Å². The first-order valence-corrected chi connectivity index (χ1v) is 5.17. The van der Waals surface area contributed by atoms with Gasteiger partial charge in [-0.25, -0.2) is 0 Å². The van der Waals surface area contributed by atoms with Gasteiger partial charge in [0.25, 0.3) is 0 Å². The number of hydrogen-bond donors (Lipinski definition) is 0. The van der Waals surface area contributed by atoms with Gasteiger partial charge >= 0.3 is 0 Å². The summed E-state index contributed by atoms with van der Waals surface area (Å²) in [4.78, 5) is 0. The molecule has 0 saturated heterocycles. The second-order valence-electron chi connectivity index (χ2n) is 3.15. The molecule has 0 aliphatic heterocycles. The maximum absolute atomic E-state index is 2.27. The van der Waals surface area contributed by atoms with Crippen molar-refractivity contribution in [1.82, 2.24) is 0 Å². The molecule has 11 heavy (non-hydrogen) atoms. The van der Waals surface area contributed by atoms with Crippen LogP contribution in [0.15, 0.2) is 30.3 Å². The predicted octanol–water partition coefficient (Wildman–Crippen LogP) is 2.37. The number of thiol groups is 1. The van der Waals surface area contributed by atoms with Gasteiger partial charge < -0.3 is 0 Å². The Morgan fingerprint density at radius 2 is 1.64 bits per heavy atom. The minimum atomic E-state index is 0.307. The zero-order valence-electron chi connectivity index (χ0n) is 7.33. The molecule has 60 valence electrons. The molecule has 0 aromatic heterocycles. The van der Waals surface area contributed by atoms with Crippen molar-refractivity contribution in [3.63, 3.8) is 0 Å². The lowest BCUT2D eigenvalue weighted by molar-refractivity contribution is 0.782. The summed E-state index contributed by atoms with van der Waals surface area (Å²) in [5, 5.41) is 0. The minimum absolute atomic E-state index is 0.307. The molecule has 1 heteroatoms. The average Bonchev–Trinajstić information content (AvgIpc) is 2.06. The molecule has 0 radical (unpaired) electrons. The zero-order valence-corrected chi connectivity index (χ0v) is 8.23. The highest BCUT2D eigenvalue weighted by molar-refractivity contribution is 7.78. The molecule has 1 rings (SSSR count). The molecule has 0 nitrogen and oxygen atoms in total. The van der Waals surface area contributed by atoms with Gasteiger partial charge in [-0.1, -0.05) is 30.3 Å². The maximum Gasteiger partial charge on any atom is 0.145 e. The lowest BCUT2D eigenvalue weighted by atomic mass is 10.0. The quantitative estimate of drug-likeness (QED) is 0.468. The third-order valence-electron chi connectivity index (χ3n) is 2.04. The van der Waals surface area contributed by atoms with Crippen molar-refractivity contribution in [1.29, 1.82) is 0 Å². The van der Waals surface area contributed by atoms with Crippen molar-refractivity contribution >= 4 is 11.8 Å². The van der Waals surface area contributed by atoms with Gasteiger partial charge in [0.2, 0.25) is 0 Å². The van der Waals surface area contributed by atoms with E-state index in [1.807, 2.05) is 0 Å². The fourth-order valence-corrected chi connectivity index (χ4v) is 1.38. The number of rotatable bonds is 2. The average molecular weight is 167 g/mol. The van der Waals surface area contributed by atoms with E-state index in [0.717, 1.165) is 0 Å². The number of hydrogen-bond acceptors (Lipinski definition) is 0. The van der Waals surface area contributed by atoms with Gasteiger partial charge in [0, 0.05) is 5.56 Å². The second-order valence-corrected chi connectivity index (χ2v) is 4.71. The van der Waals surface area contributed by atoms with E-state index in [1.165, 1.54) is 17.3 Å². The van der Waals surface area contributed by atoms with Crippen molar-refractivity contribution in [2.24, 2.45) is 0 Å². The van der Waals surface area contributed by atoms with Crippen molar-refractivity contribution in [3.05, 3.63) is 35.9 Å². The fourth-order valence-electron chi connectivity index (χ4n) is 0.975. The van der Waals surface area contributed by atoms with E-state index in [4.69, 9.17) is 0 Å². The molecule has 1 aromatic rings. The predicted molar refractivity (Wildman–Crippen MR) is 54.2 cm³/mol. The highest BCUT2D eigenvalue weighted by Crippen LogP contribution is 2.23. The van der Waals surface area contributed by atoms with Crippen LogP contribution >= 0.6 is 0 Å². The largest absolute Gasteiger partial charge is 0.145 e. The monoisotopic (exact) mass is 167 g/mol. The van der Waals surface area contributed by atoms with Gasteiger partial charge in [0.05, 0.1) is 6.26 Å². The molecular weight excluding hydrogens is 152 g/mol. The van der Waals surface area contributed by atoms with E-state index in [-0.39, 0.29) is 0 Å². The van der Waals surface area contributed by atoms with E-state index in [0.29, 0.717) is 4.75 Å². The van der Waals surface area contributed by atoms with Crippen LogP contribution < -0.4 is 0 Å². The molecule has 0 N–H and O–H groups in total. The Hall–Kier alpha value is -0.430. The molecular formula is C10H15S+. The Kier molecular flexibility index (Phi) is 2.61. The molecule has 0 fully saturated rings. The Balaban J connectivity index is 2.93. The Labute approximate surface area is 73.0 Å². The topological polar surface area (TPSA) is 0 Å². The molecule has 1 aromatic carbocycles. The molecule has 0 aliphatic rings. The molecule has 0 unspecified atom stereocenters. The lowest BCUT2D eigenvalue weighted by Gasteiger charge is -2.14. The van der Waals surface area contributed by atoms with Crippen molar-refractivity contribution in [3.8, 4) is 0 Å². The molecule has 0 heterocycles. The summed E-state index contributed by atoms with van der Waals surface area (Å²) in [6.07, 6.45) is 2.20. The van der Waals surface area contributed by atoms with E-state index < -0.39 is 0 Å². The Morgan fingerprint density at radius 1 is 1.09 bits per heavy atom. The van der Waals surface area contributed by atoms with Crippen LogP contribution in [-0.2, 0) is 16.5 Å². The standard InChI is InChI=1S/C10H14S/c1-10(2,11-3)9-7-5-4-6-8-9/h4-8H,1-3H3/p+1. The minimum Gasteiger partial charge on any atom is -0.0622 e.